The fraction of sp³-hybridized carbons (Fsp3) is 0.300. The quantitative estimate of drug-likeness (QED) is 0.259. The number of aromatic hydroxyl groups is 1. The van der Waals surface area contributed by atoms with Gasteiger partial charge >= 0.3 is 0 Å². The number of ketones is 2. The zero-order valence-electron chi connectivity index (χ0n) is 22.6. The lowest BCUT2D eigenvalue weighted by Crippen LogP contribution is -2.63. The van der Waals surface area contributed by atoms with Gasteiger partial charge in [0, 0.05) is 17.1 Å². The van der Waals surface area contributed by atoms with Crippen LogP contribution in [0, 0.1) is 11.8 Å². The number of fused-ring (bicyclic) bond motifs is 4. The normalized spacial score (nSPS) is 26.9. The zero-order valence-corrected chi connectivity index (χ0v) is 22.6. The molecule has 0 aromatic heterocycles. The summed E-state index contributed by atoms with van der Waals surface area (Å²) in [5.41, 5.74) is 2.24. The van der Waals surface area contributed by atoms with Crippen molar-refractivity contribution in [1.82, 2.24) is 9.80 Å². The van der Waals surface area contributed by atoms with Crippen molar-refractivity contribution in [3.8, 4) is 5.75 Å². The average molecular weight is 574 g/mol. The number of hydrogen-bond donors (Lipinski definition) is 5. The minimum Gasteiger partial charge on any atom is -0.510 e. The number of primary amides is 1. The Hall–Kier alpha value is -4.81. The van der Waals surface area contributed by atoms with Gasteiger partial charge in [0.05, 0.1) is 29.3 Å². The molecule has 3 aliphatic carbocycles. The minimum absolute atomic E-state index is 0.0245. The van der Waals surface area contributed by atoms with Gasteiger partial charge in [-0.25, -0.2) is 0 Å². The summed E-state index contributed by atoms with van der Waals surface area (Å²) in [4.78, 5) is 67.6. The van der Waals surface area contributed by atoms with Crippen molar-refractivity contribution in [3.05, 3.63) is 86.9 Å². The summed E-state index contributed by atoms with van der Waals surface area (Å²) in [7, 11) is 3.11. The smallest absolute Gasteiger partial charge is 0.261 e. The number of benzene rings is 2. The van der Waals surface area contributed by atoms with Crippen molar-refractivity contribution in [2.75, 3.05) is 14.1 Å². The fourth-order valence-corrected chi connectivity index (χ4v) is 6.95. The van der Waals surface area contributed by atoms with Gasteiger partial charge in [-0.3, -0.25) is 33.8 Å². The van der Waals surface area contributed by atoms with Crippen LogP contribution >= 0.6 is 0 Å². The maximum Gasteiger partial charge on any atom is 0.261 e. The largest absolute Gasteiger partial charge is 0.510 e. The van der Waals surface area contributed by atoms with E-state index in [1.165, 1.54) is 23.1 Å². The van der Waals surface area contributed by atoms with Gasteiger partial charge in [-0.05, 0) is 50.6 Å². The summed E-state index contributed by atoms with van der Waals surface area (Å²) in [6, 6.07) is 8.33. The first-order valence-corrected chi connectivity index (χ1v) is 13.2. The number of hydrogen-bond acceptors (Lipinski definition) is 10. The Morgan fingerprint density at radius 1 is 1.02 bits per heavy atom. The molecule has 0 fully saturated rings. The molecule has 0 saturated carbocycles. The first-order chi connectivity index (χ1) is 19.8. The second kappa shape index (κ2) is 9.10. The molecule has 6 rings (SSSR count). The van der Waals surface area contributed by atoms with Crippen LogP contribution in [0.2, 0.25) is 0 Å². The van der Waals surface area contributed by atoms with E-state index in [1.807, 2.05) is 0 Å². The van der Waals surface area contributed by atoms with Crippen LogP contribution < -0.4 is 5.73 Å². The van der Waals surface area contributed by atoms with Gasteiger partial charge in [0.15, 0.2) is 11.4 Å². The highest BCUT2D eigenvalue weighted by atomic mass is 16.3. The van der Waals surface area contributed by atoms with Gasteiger partial charge < -0.3 is 26.2 Å². The predicted octanol–water partition coefficient (Wildman–Crippen LogP) is 0.917. The molecular weight excluding hydrogens is 546 g/mol. The highest BCUT2D eigenvalue weighted by Crippen LogP contribution is 2.52. The van der Waals surface area contributed by atoms with Crippen molar-refractivity contribution < 1.29 is 44.4 Å². The zero-order chi connectivity index (χ0) is 30.4. The number of nitrogens with two attached hydrogens (primary N) is 1. The van der Waals surface area contributed by atoms with Crippen LogP contribution in [0.3, 0.4) is 0 Å². The first kappa shape index (κ1) is 27.4. The SMILES string of the molecule is CN(C)[C@@H]1C(O)=C(C(N)=O)C(=O)[C@@]2(O)C(O)=C3C(=O)c4c(ccc(CN5C(=O)c6ccccc6C5=O)c4O)C[C@@H]3C[C@H]12. The van der Waals surface area contributed by atoms with Crippen LogP contribution in [0.5, 0.6) is 5.75 Å². The Labute approximate surface area is 238 Å². The lowest BCUT2D eigenvalue weighted by Gasteiger charge is -2.50. The molecule has 42 heavy (non-hydrogen) atoms. The van der Waals surface area contributed by atoms with E-state index in [1.54, 1.807) is 32.3 Å². The number of aliphatic hydroxyl groups excluding tert-OH is 2. The molecule has 4 aliphatic rings. The number of aliphatic hydroxyl groups is 3. The number of rotatable bonds is 4. The molecule has 0 radical (unpaired) electrons. The topological polar surface area (TPSA) is 199 Å². The Morgan fingerprint density at radius 3 is 2.21 bits per heavy atom. The molecule has 1 heterocycles. The number of carbonyl (C=O) groups is 5. The van der Waals surface area contributed by atoms with Crippen LogP contribution in [0.25, 0.3) is 0 Å². The molecule has 216 valence electrons. The molecule has 1 aliphatic heterocycles. The molecule has 6 N–H and O–H groups in total. The number of phenolic OH excluding ortho intramolecular Hbond substituents is 1. The van der Waals surface area contributed by atoms with Gasteiger partial charge in [0.1, 0.15) is 22.8 Å². The van der Waals surface area contributed by atoms with Crippen molar-refractivity contribution in [1.29, 1.82) is 0 Å². The third kappa shape index (κ3) is 3.45. The Bertz CT molecular complexity index is 1690. The standard InChI is InChI=1S/C30H27N3O9/c1-32(2)21-17-10-14-9-12-7-8-13(11-33-28(40)15-5-3-4-6-16(15)29(33)41)22(34)18(12)23(35)19(14)25(37)30(17,42)26(38)20(24(21)36)27(31)39/h3-8,14,17,21,34,36-37,42H,9-11H2,1-2H3,(H2,31,39)/t14-,17-,21+,30+/m1/s1. The van der Waals surface area contributed by atoms with Crippen molar-refractivity contribution >= 4 is 29.3 Å². The monoisotopic (exact) mass is 573 g/mol. The van der Waals surface area contributed by atoms with Gasteiger partial charge in [0.25, 0.3) is 17.7 Å². The number of carbonyl (C=O) groups excluding carboxylic acids is 5. The highest BCUT2D eigenvalue weighted by Gasteiger charge is 2.63. The number of likely N-dealkylation sites (N-methyl/N-ethyl adjacent to an activating group) is 1. The minimum atomic E-state index is -2.74. The number of nitrogens with zero attached hydrogens (tertiary/aromatic N) is 2. The van der Waals surface area contributed by atoms with E-state index in [-0.39, 0.29) is 47.2 Å². The highest BCUT2D eigenvalue weighted by molar-refractivity contribution is 6.25. The maximum absolute atomic E-state index is 13.9. The number of allylic oxidation sites excluding steroid dienone is 1. The predicted molar refractivity (Wildman–Crippen MR) is 144 cm³/mol. The van der Waals surface area contributed by atoms with E-state index >= 15 is 0 Å². The van der Waals surface area contributed by atoms with Gasteiger partial charge in [-0.2, -0.15) is 0 Å². The van der Waals surface area contributed by atoms with E-state index in [2.05, 4.69) is 0 Å². The van der Waals surface area contributed by atoms with Crippen molar-refractivity contribution in [2.45, 2.75) is 31.0 Å². The van der Waals surface area contributed by atoms with Crippen LogP contribution in [-0.4, -0.2) is 85.3 Å². The number of imide groups is 1. The van der Waals surface area contributed by atoms with Gasteiger partial charge in [-0.1, -0.05) is 24.3 Å². The lowest BCUT2D eigenvalue weighted by molar-refractivity contribution is -0.148. The Morgan fingerprint density at radius 2 is 1.64 bits per heavy atom. The van der Waals surface area contributed by atoms with Gasteiger partial charge in [-0.15, -0.1) is 0 Å². The fourth-order valence-electron chi connectivity index (χ4n) is 6.95. The van der Waals surface area contributed by atoms with E-state index in [0.717, 1.165) is 4.90 Å². The third-order valence-electron chi connectivity index (χ3n) is 8.89. The second-order valence-corrected chi connectivity index (χ2v) is 11.3. The van der Waals surface area contributed by atoms with E-state index in [0.29, 0.717) is 5.56 Å². The third-order valence-corrected chi connectivity index (χ3v) is 8.89. The van der Waals surface area contributed by atoms with Crippen LogP contribution in [-0.2, 0) is 22.6 Å². The van der Waals surface area contributed by atoms with Crippen LogP contribution in [0.15, 0.2) is 59.1 Å². The summed E-state index contributed by atoms with van der Waals surface area (Å²) >= 11 is 0. The molecule has 0 bridgehead atoms. The maximum atomic E-state index is 13.9. The molecule has 2 aromatic carbocycles. The summed E-state index contributed by atoms with van der Waals surface area (Å²) in [6.07, 6.45) is 0.110. The molecule has 0 saturated heterocycles. The number of Topliss-reactive ketones (excluding diaryl/α,β-unsaturated/α-hetero) is 2. The Balaban J connectivity index is 1.42. The summed E-state index contributed by atoms with van der Waals surface area (Å²) in [5, 5.41) is 45.2. The summed E-state index contributed by atoms with van der Waals surface area (Å²) < 4.78 is 0. The summed E-state index contributed by atoms with van der Waals surface area (Å²) in [6.45, 7) is -0.325. The van der Waals surface area contributed by atoms with Crippen molar-refractivity contribution in [2.24, 2.45) is 17.6 Å². The average Bonchev–Trinajstić information content (AvgIpc) is 3.16. The van der Waals surface area contributed by atoms with Gasteiger partial charge in [0.2, 0.25) is 5.78 Å². The Kier molecular flexibility index (Phi) is 5.93. The molecule has 2 aromatic rings. The molecule has 3 amide bonds. The molecule has 0 spiro atoms. The first-order valence-electron chi connectivity index (χ1n) is 13.2. The van der Waals surface area contributed by atoms with Crippen LogP contribution in [0.1, 0.15) is 48.6 Å². The van der Waals surface area contributed by atoms with E-state index in [9.17, 15) is 44.4 Å². The lowest BCUT2D eigenvalue weighted by atomic mass is 9.58. The van der Waals surface area contributed by atoms with Crippen LogP contribution in [0.4, 0.5) is 0 Å². The molecule has 4 atom stereocenters. The number of amides is 3. The second-order valence-electron chi connectivity index (χ2n) is 11.3. The van der Waals surface area contributed by atoms with Crippen molar-refractivity contribution in [3.63, 3.8) is 0 Å². The molecular formula is C30H27N3O9. The molecule has 0 unspecified atom stereocenters. The molecule has 12 heteroatoms. The summed E-state index contributed by atoms with van der Waals surface area (Å²) in [5.74, 6) is -8.48. The molecule has 12 nitrogen and oxygen atoms in total. The van der Waals surface area contributed by atoms with E-state index < -0.39 is 75.6 Å². The number of phenols is 1. The van der Waals surface area contributed by atoms with E-state index in [4.69, 9.17) is 5.73 Å².